The predicted octanol–water partition coefficient (Wildman–Crippen LogP) is 11.5. The first-order chi connectivity index (χ1) is 27.4. The number of aromatic nitrogens is 1. The second-order valence-electron chi connectivity index (χ2n) is 15.9. The van der Waals surface area contributed by atoms with Crippen LogP contribution in [-0.4, -0.2) is 4.57 Å². The maximum atomic E-state index is 10.7. The van der Waals surface area contributed by atoms with Crippen LogP contribution in [0.15, 0.2) is 169 Å². The van der Waals surface area contributed by atoms with Crippen LogP contribution in [0.5, 0.6) is 0 Å². The van der Waals surface area contributed by atoms with Crippen molar-refractivity contribution < 1.29 is 0 Å². The van der Waals surface area contributed by atoms with Crippen LogP contribution in [0.3, 0.4) is 0 Å². The van der Waals surface area contributed by atoms with Crippen molar-refractivity contribution in [1.82, 2.24) is 15.2 Å². The van der Waals surface area contributed by atoms with E-state index in [0.29, 0.717) is 11.5 Å². The Bertz CT molecular complexity index is 2750. The molecule has 6 aromatic carbocycles. The van der Waals surface area contributed by atoms with Crippen molar-refractivity contribution in [2.45, 2.75) is 44.8 Å². The number of allylic oxidation sites excluding steroid dienone is 1. The van der Waals surface area contributed by atoms with Crippen LogP contribution in [0.4, 0.5) is 5.69 Å². The molecule has 3 heterocycles. The Morgan fingerprint density at radius 1 is 0.679 bits per heavy atom. The van der Waals surface area contributed by atoms with E-state index in [9.17, 15) is 5.26 Å². The largest absolute Gasteiger partial charge is 0.365 e. The number of fused-ring (bicyclic) bond motifs is 5. The van der Waals surface area contributed by atoms with Crippen LogP contribution in [0, 0.1) is 17.2 Å². The molecule has 0 spiro atoms. The molecule has 0 saturated heterocycles. The van der Waals surface area contributed by atoms with E-state index in [4.69, 9.17) is 0 Å². The third-order valence-electron chi connectivity index (χ3n) is 12.2. The molecule has 7 aromatic rings. The number of hydrogen-bond acceptors (Lipinski definition) is 4. The molecular formula is C51H43N5. The van der Waals surface area contributed by atoms with Gasteiger partial charge in [0.05, 0.1) is 28.9 Å². The van der Waals surface area contributed by atoms with Gasteiger partial charge < -0.3 is 15.2 Å². The molecule has 0 radical (unpaired) electrons. The predicted molar refractivity (Wildman–Crippen MR) is 229 cm³/mol. The fourth-order valence-electron chi connectivity index (χ4n) is 9.75. The first-order valence-electron chi connectivity index (χ1n) is 19.6. The van der Waals surface area contributed by atoms with Crippen LogP contribution in [0.25, 0.3) is 39.1 Å². The number of rotatable bonds is 5. The molecule has 0 amide bonds. The van der Waals surface area contributed by atoms with Crippen LogP contribution >= 0.6 is 0 Å². The van der Waals surface area contributed by atoms with Gasteiger partial charge in [-0.3, -0.25) is 5.32 Å². The number of hydrogen-bond donors (Lipinski definition) is 3. The van der Waals surface area contributed by atoms with Gasteiger partial charge in [-0.15, -0.1) is 0 Å². The van der Waals surface area contributed by atoms with Gasteiger partial charge in [0.1, 0.15) is 6.17 Å². The molecule has 56 heavy (non-hydrogen) atoms. The van der Waals surface area contributed by atoms with E-state index in [0.717, 1.165) is 45.6 Å². The molecule has 3 atom stereocenters. The molecule has 5 nitrogen and oxygen atoms in total. The summed E-state index contributed by atoms with van der Waals surface area (Å²) in [6.07, 6.45) is 0.627. The molecule has 0 fully saturated rings. The van der Waals surface area contributed by atoms with Gasteiger partial charge in [0, 0.05) is 39.1 Å². The Kier molecular flexibility index (Phi) is 8.06. The average Bonchev–Trinajstić information content (AvgIpc) is 3.58. The van der Waals surface area contributed by atoms with Gasteiger partial charge in [-0.1, -0.05) is 148 Å². The zero-order chi connectivity index (χ0) is 38.0. The first kappa shape index (κ1) is 33.9. The summed E-state index contributed by atoms with van der Waals surface area (Å²) in [6, 6.07) is 58.2. The van der Waals surface area contributed by atoms with Crippen LogP contribution in [0.1, 0.15) is 66.5 Å². The lowest BCUT2D eigenvalue weighted by Gasteiger charge is -2.43. The van der Waals surface area contributed by atoms with Gasteiger partial charge >= 0.3 is 0 Å². The monoisotopic (exact) mass is 725 g/mol. The van der Waals surface area contributed by atoms with Crippen molar-refractivity contribution in [2.24, 2.45) is 5.92 Å². The molecule has 3 unspecified atom stereocenters. The Morgan fingerprint density at radius 3 is 2.09 bits per heavy atom. The lowest BCUT2D eigenvalue weighted by atomic mass is 9.66. The zero-order valence-electron chi connectivity index (χ0n) is 31.8. The molecule has 1 aromatic heterocycles. The second kappa shape index (κ2) is 13.3. The average molecular weight is 726 g/mol. The SMILES string of the molecule is CC1Cc2c(c3ccccc3n2-c2cc(-c3ccccc3)cc(C3NC(c4ccccc4)=C(C#N)C(c4ccccc4)N3)c2)C2=C1C(C)(C)c1ccccc1N2. The van der Waals surface area contributed by atoms with Crippen LogP contribution < -0.4 is 16.0 Å². The summed E-state index contributed by atoms with van der Waals surface area (Å²) < 4.78 is 2.52. The lowest BCUT2D eigenvalue weighted by molar-refractivity contribution is 0.433. The fourth-order valence-corrected chi connectivity index (χ4v) is 9.75. The van der Waals surface area contributed by atoms with Crippen molar-refractivity contribution >= 4 is 28.0 Å². The van der Waals surface area contributed by atoms with E-state index < -0.39 is 0 Å². The summed E-state index contributed by atoms with van der Waals surface area (Å²) in [7, 11) is 0. The van der Waals surface area contributed by atoms with Gasteiger partial charge in [0.15, 0.2) is 0 Å². The molecule has 10 rings (SSSR count). The van der Waals surface area contributed by atoms with E-state index in [1.807, 2.05) is 36.4 Å². The van der Waals surface area contributed by atoms with E-state index in [1.54, 1.807) is 0 Å². The van der Waals surface area contributed by atoms with Crippen molar-refractivity contribution in [3.63, 3.8) is 0 Å². The Hall–Kier alpha value is -6.61. The van der Waals surface area contributed by atoms with Crippen molar-refractivity contribution in [3.05, 3.63) is 202 Å². The summed E-state index contributed by atoms with van der Waals surface area (Å²) in [5, 5.41) is 23.6. The van der Waals surface area contributed by atoms with Crippen LogP contribution in [-0.2, 0) is 11.8 Å². The highest BCUT2D eigenvalue weighted by atomic mass is 15.2. The van der Waals surface area contributed by atoms with E-state index >= 15 is 0 Å². The molecule has 3 aliphatic rings. The molecule has 5 heteroatoms. The summed E-state index contributed by atoms with van der Waals surface area (Å²) in [4.78, 5) is 0. The van der Waals surface area contributed by atoms with Gasteiger partial charge in [0.2, 0.25) is 0 Å². The second-order valence-corrected chi connectivity index (χ2v) is 15.9. The molecule has 0 bridgehead atoms. The fraction of sp³-hybridized carbons (Fsp3) is 0.157. The highest BCUT2D eigenvalue weighted by molar-refractivity contribution is 6.02. The zero-order valence-corrected chi connectivity index (χ0v) is 31.8. The molecular weight excluding hydrogens is 683 g/mol. The van der Waals surface area contributed by atoms with Gasteiger partial charge in [0.25, 0.3) is 0 Å². The Morgan fingerprint density at radius 2 is 1.34 bits per heavy atom. The highest BCUT2D eigenvalue weighted by Crippen LogP contribution is 2.53. The summed E-state index contributed by atoms with van der Waals surface area (Å²) in [5.74, 6) is 0.324. The van der Waals surface area contributed by atoms with Gasteiger partial charge in [-0.25, -0.2) is 0 Å². The number of benzene rings is 6. The minimum Gasteiger partial charge on any atom is -0.365 e. The number of anilines is 1. The lowest BCUT2D eigenvalue weighted by Crippen LogP contribution is -2.42. The van der Waals surface area contributed by atoms with Crippen molar-refractivity contribution in [1.29, 1.82) is 5.26 Å². The van der Waals surface area contributed by atoms with Crippen LogP contribution in [0.2, 0.25) is 0 Å². The standard InChI is InChI=1S/C51H43N5/c1-32-27-44-45(49-46(32)51(2,3)41-24-14-15-25-42(41)53-49)39-23-13-16-26-43(39)56(44)38-29-36(33-17-7-4-8-18-33)28-37(30-38)50-54-47(34-19-9-5-10-20-34)40(31-52)48(55-50)35-21-11-6-12-22-35/h4-26,28-30,32,47,50,53-55H,27H2,1-3H3. The molecule has 1 aliphatic carbocycles. The minimum absolute atomic E-state index is 0.113. The number of para-hydroxylation sites is 2. The number of nitriles is 1. The minimum atomic E-state index is -0.304. The maximum absolute atomic E-state index is 10.7. The molecule has 0 saturated carbocycles. The van der Waals surface area contributed by atoms with E-state index in [-0.39, 0.29) is 17.6 Å². The van der Waals surface area contributed by atoms with Crippen molar-refractivity contribution in [3.8, 4) is 22.9 Å². The quantitative estimate of drug-likeness (QED) is 0.165. The summed E-state index contributed by atoms with van der Waals surface area (Å²) >= 11 is 0. The normalized spacial score (nSPS) is 19.6. The third kappa shape index (κ3) is 5.40. The summed E-state index contributed by atoms with van der Waals surface area (Å²) in [5.41, 5.74) is 17.0. The number of nitrogens with zero attached hydrogens (tertiary/aromatic N) is 2. The van der Waals surface area contributed by atoms with Gasteiger partial charge in [-0.05, 0) is 81.6 Å². The Balaban J connectivity index is 1.19. The molecule has 3 N–H and O–H groups in total. The number of nitrogens with one attached hydrogen (secondary N) is 3. The Labute approximate surface area is 328 Å². The van der Waals surface area contributed by atoms with E-state index in [1.165, 1.54) is 44.7 Å². The summed E-state index contributed by atoms with van der Waals surface area (Å²) in [6.45, 7) is 7.18. The highest BCUT2D eigenvalue weighted by Gasteiger charge is 2.42. The topological polar surface area (TPSA) is 64.8 Å². The maximum Gasteiger partial charge on any atom is 0.104 e. The van der Waals surface area contributed by atoms with Crippen molar-refractivity contribution in [2.75, 3.05) is 5.32 Å². The van der Waals surface area contributed by atoms with Gasteiger partial charge in [-0.2, -0.15) is 5.26 Å². The first-order valence-corrected chi connectivity index (χ1v) is 19.6. The molecule has 2 aliphatic heterocycles. The van der Waals surface area contributed by atoms with E-state index in [2.05, 4.69) is 169 Å². The molecule has 272 valence electrons. The third-order valence-corrected chi connectivity index (χ3v) is 12.2. The smallest absolute Gasteiger partial charge is 0.104 e.